The Labute approximate surface area is 134 Å². The number of hydrogen-bond acceptors (Lipinski definition) is 4. The number of thioether (sulfide) groups is 1. The molecule has 1 amide bonds. The Hall–Kier alpha value is -1.74. The Morgan fingerprint density at radius 2 is 2.32 bits per heavy atom. The number of methoxy groups -OCH3 is 1. The van der Waals surface area contributed by atoms with E-state index in [1.54, 1.807) is 13.0 Å². The second kappa shape index (κ2) is 7.01. The first-order chi connectivity index (χ1) is 10.5. The first kappa shape index (κ1) is 16.6. The van der Waals surface area contributed by atoms with E-state index >= 15 is 0 Å². The minimum absolute atomic E-state index is 0.170. The molecule has 118 valence electrons. The van der Waals surface area contributed by atoms with E-state index in [1.807, 2.05) is 0 Å². The molecule has 1 aliphatic carbocycles. The highest BCUT2D eigenvalue weighted by Crippen LogP contribution is 2.39. The number of halogens is 1. The van der Waals surface area contributed by atoms with Crippen LogP contribution in [0.3, 0.4) is 0 Å². The molecular formula is C16H19FN2O2S. The minimum atomic E-state index is -0.770. The largest absolute Gasteiger partial charge is 0.496 e. The van der Waals surface area contributed by atoms with Gasteiger partial charge in [-0.25, -0.2) is 4.39 Å². The van der Waals surface area contributed by atoms with Gasteiger partial charge in [-0.3, -0.25) is 4.79 Å². The molecule has 0 spiro atoms. The standard InChI is InChI=1S/C16H19FN2O2S/c1-16(10-18,12-3-4-12)19-15(20)9-22-8-11-7-13(17)5-6-14(11)21-2/h5-7,12H,3-4,8-9H2,1-2H3,(H,19,20)/t16-/m1/s1. The number of rotatable bonds is 7. The average Bonchev–Trinajstić information content (AvgIpc) is 3.32. The van der Waals surface area contributed by atoms with Crippen LogP contribution in [0.2, 0.25) is 0 Å². The van der Waals surface area contributed by atoms with Gasteiger partial charge >= 0.3 is 0 Å². The Bertz CT molecular complexity index is 598. The summed E-state index contributed by atoms with van der Waals surface area (Å²) in [6.07, 6.45) is 1.97. The van der Waals surface area contributed by atoms with E-state index in [0.717, 1.165) is 12.8 Å². The average molecular weight is 322 g/mol. The summed E-state index contributed by atoms with van der Waals surface area (Å²) >= 11 is 1.37. The van der Waals surface area contributed by atoms with Crippen LogP contribution in [-0.4, -0.2) is 24.3 Å². The fourth-order valence-corrected chi connectivity index (χ4v) is 3.13. The molecule has 0 aliphatic heterocycles. The molecule has 0 saturated heterocycles. The van der Waals surface area contributed by atoms with Crippen LogP contribution in [0.1, 0.15) is 25.3 Å². The highest BCUT2D eigenvalue weighted by molar-refractivity contribution is 7.99. The van der Waals surface area contributed by atoms with Gasteiger partial charge in [0.05, 0.1) is 18.9 Å². The zero-order valence-electron chi connectivity index (χ0n) is 12.7. The molecule has 1 atom stereocenters. The van der Waals surface area contributed by atoms with Crippen LogP contribution in [0.15, 0.2) is 18.2 Å². The number of carbonyl (C=O) groups excluding carboxylic acids is 1. The number of ether oxygens (including phenoxy) is 1. The van der Waals surface area contributed by atoms with Gasteiger partial charge in [0.15, 0.2) is 0 Å². The predicted octanol–water partition coefficient (Wildman–Crippen LogP) is 2.88. The fourth-order valence-electron chi connectivity index (χ4n) is 2.32. The second-order valence-corrected chi connectivity index (χ2v) is 6.57. The van der Waals surface area contributed by atoms with Crippen molar-refractivity contribution in [2.75, 3.05) is 12.9 Å². The van der Waals surface area contributed by atoms with E-state index in [1.165, 1.54) is 31.0 Å². The first-order valence-electron chi connectivity index (χ1n) is 7.11. The normalized spacial score (nSPS) is 16.5. The molecule has 1 saturated carbocycles. The van der Waals surface area contributed by atoms with E-state index in [2.05, 4.69) is 11.4 Å². The topological polar surface area (TPSA) is 62.1 Å². The highest BCUT2D eigenvalue weighted by Gasteiger charge is 2.42. The van der Waals surface area contributed by atoms with E-state index in [9.17, 15) is 14.4 Å². The quantitative estimate of drug-likeness (QED) is 0.838. The monoisotopic (exact) mass is 322 g/mol. The summed E-state index contributed by atoms with van der Waals surface area (Å²) in [5.41, 5.74) is -0.0562. The Morgan fingerprint density at radius 1 is 1.59 bits per heavy atom. The lowest BCUT2D eigenvalue weighted by Crippen LogP contribution is -2.47. The molecule has 1 aromatic rings. The number of nitrogens with zero attached hydrogens (tertiary/aromatic N) is 1. The first-order valence-corrected chi connectivity index (χ1v) is 8.26. The predicted molar refractivity (Wildman–Crippen MR) is 84.0 cm³/mol. The molecule has 0 heterocycles. The van der Waals surface area contributed by atoms with E-state index < -0.39 is 5.54 Å². The van der Waals surface area contributed by atoms with Crippen molar-refractivity contribution in [3.8, 4) is 11.8 Å². The lowest BCUT2D eigenvalue weighted by atomic mass is 9.98. The SMILES string of the molecule is COc1ccc(F)cc1CSCC(=O)N[C@](C)(C#N)C1CC1. The van der Waals surface area contributed by atoms with Gasteiger partial charge in [-0.15, -0.1) is 11.8 Å². The van der Waals surface area contributed by atoms with Crippen molar-refractivity contribution < 1.29 is 13.9 Å². The molecule has 1 fully saturated rings. The Balaban J connectivity index is 1.85. The molecule has 1 N–H and O–H groups in total. The third-order valence-electron chi connectivity index (χ3n) is 3.76. The fraction of sp³-hybridized carbons (Fsp3) is 0.500. The smallest absolute Gasteiger partial charge is 0.231 e. The maximum absolute atomic E-state index is 13.3. The number of amides is 1. The van der Waals surface area contributed by atoms with Crippen molar-refractivity contribution in [2.24, 2.45) is 5.92 Å². The van der Waals surface area contributed by atoms with E-state index in [4.69, 9.17) is 4.74 Å². The summed E-state index contributed by atoms with van der Waals surface area (Å²) in [6, 6.07) is 6.52. The lowest BCUT2D eigenvalue weighted by Gasteiger charge is -2.22. The van der Waals surface area contributed by atoms with Gasteiger partial charge in [0, 0.05) is 11.3 Å². The molecule has 4 nitrogen and oxygen atoms in total. The van der Waals surface area contributed by atoms with Crippen molar-refractivity contribution in [1.82, 2.24) is 5.32 Å². The van der Waals surface area contributed by atoms with Crippen LogP contribution in [0.4, 0.5) is 4.39 Å². The highest BCUT2D eigenvalue weighted by atomic mass is 32.2. The van der Waals surface area contributed by atoms with Crippen LogP contribution < -0.4 is 10.1 Å². The van der Waals surface area contributed by atoms with E-state index in [0.29, 0.717) is 17.1 Å². The number of nitriles is 1. The van der Waals surface area contributed by atoms with Crippen LogP contribution in [0.25, 0.3) is 0 Å². The summed E-state index contributed by atoms with van der Waals surface area (Å²) < 4.78 is 18.4. The molecule has 6 heteroatoms. The zero-order chi connectivity index (χ0) is 16.2. The van der Waals surface area contributed by atoms with Gasteiger partial charge in [0.1, 0.15) is 17.1 Å². The molecule has 1 aliphatic rings. The molecule has 0 aromatic heterocycles. The van der Waals surface area contributed by atoms with Crippen LogP contribution in [0.5, 0.6) is 5.75 Å². The molecule has 0 bridgehead atoms. The zero-order valence-corrected chi connectivity index (χ0v) is 13.5. The molecule has 2 rings (SSSR count). The lowest BCUT2D eigenvalue weighted by molar-refractivity contribution is -0.119. The van der Waals surface area contributed by atoms with E-state index in [-0.39, 0.29) is 23.4 Å². The van der Waals surface area contributed by atoms with Gasteiger partial charge in [0.25, 0.3) is 0 Å². The summed E-state index contributed by atoms with van der Waals surface area (Å²) in [5.74, 6) is 1.07. The molecule has 1 aromatic carbocycles. The maximum Gasteiger partial charge on any atom is 0.231 e. The van der Waals surface area contributed by atoms with Crippen LogP contribution in [-0.2, 0) is 10.5 Å². The second-order valence-electron chi connectivity index (χ2n) is 5.59. The summed E-state index contributed by atoms with van der Waals surface area (Å²) in [7, 11) is 1.53. The number of carbonyl (C=O) groups is 1. The third-order valence-corrected chi connectivity index (χ3v) is 4.74. The van der Waals surface area contributed by atoms with Crippen molar-refractivity contribution in [3.05, 3.63) is 29.6 Å². The van der Waals surface area contributed by atoms with Crippen molar-refractivity contribution in [3.63, 3.8) is 0 Å². The number of nitrogens with one attached hydrogen (secondary N) is 1. The summed E-state index contributed by atoms with van der Waals surface area (Å²) in [6.45, 7) is 1.77. The van der Waals surface area contributed by atoms with Crippen LogP contribution in [0, 0.1) is 23.1 Å². The van der Waals surface area contributed by atoms with Crippen molar-refractivity contribution in [1.29, 1.82) is 5.26 Å². The van der Waals surface area contributed by atoms with Gasteiger partial charge in [-0.1, -0.05) is 0 Å². The molecule has 0 radical (unpaired) electrons. The van der Waals surface area contributed by atoms with Gasteiger partial charge in [-0.05, 0) is 43.9 Å². The Kier molecular flexibility index (Phi) is 5.30. The number of hydrogen-bond donors (Lipinski definition) is 1. The van der Waals surface area contributed by atoms with Crippen molar-refractivity contribution in [2.45, 2.75) is 31.1 Å². The summed E-state index contributed by atoms with van der Waals surface area (Å²) in [5, 5.41) is 12.0. The van der Waals surface area contributed by atoms with Gasteiger partial charge < -0.3 is 10.1 Å². The third kappa shape index (κ3) is 4.14. The Morgan fingerprint density at radius 3 is 2.91 bits per heavy atom. The molecule has 0 unspecified atom stereocenters. The maximum atomic E-state index is 13.3. The molecular weight excluding hydrogens is 303 g/mol. The van der Waals surface area contributed by atoms with Crippen LogP contribution >= 0.6 is 11.8 Å². The van der Waals surface area contributed by atoms with Gasteiger partial charge in [0.2, 0.25) is 5.91 Å². The minimum Gasteiger partial charge on any atom is -0.496 e. The summed E-state index contributed by atoms with van der Waals surface area (Å²) in [4.78, 5) is 12.0. The molecule has 22 heavy (non-hydrogen) atoms. The number of benzene rings is 1. The van der Waals surface area contributed by atoms with Gasteiger partial charge in [-0.2, -0.15) is 5.26 Å². The van der Waals surface area contributed by atoms with Crippen molar-refractivity contribution >= 4 is 17.7 Å².